The molecule has 1 aliphatic heterocycles. The lowest BCUT2D eigenvalue weighted by molar-refractivity contribution is -0.133. The van der Waals surface area contributed by atoms with Crippen molar-refractivity contribution in [2.75, 3.05) is 21.0 Å². The highest BCUT2D eigenvalue weighted by Gasteiger charge is 2.26. The minimum Gasteiger partial charge on any atom is -0.497 e. The van der Waals surface area contributed by atoms with Gasteiger partial charge < -0.3 is 18.9 Å². The lowest BCUT2D eigenvalue weighted by Crippen LogP contribution is -2.15. The minimum atomic E-state index is -0.605. The summed E-state index contributed by atoms with van der Waals surface area (Å²) in [7, 11) is 2.87. The Kier molecular flexibility index (Phi) is 6.41. The van der Waals surface area contributed by atoms with E-state index in [0.29, 0.717) is 33.9 Å². The van der Waals surface area contributed by atoms with Gasteiger partial charge in [-0.25, -0.2) is 4.79 Å². The summed E-state index contributed by atoms with van der Waals surface area (Å²) in [4.78, 5) is 27.1. The molecule has 0 aliphatic carbocycles. The Morgan fingerprint density at radius 1 is 0.778 bits per heavy atom. The third kappa shape index (κ3) is 4.53. The second-order valence-electron chi connectivity index (χ2n) is 8.33. The number of carbonyl (C=O) groups is 2. The number of Topliss-reactive ketones (excluding diaryl/α,β-unsaturated/α-hetero) is 1. The number of rotatable bonds is 7. The molecule has 6 heteroatoms. The highest BCUT2D eigenvalue weighted by molar-refractivity contribution is 6.27. The fraction of sp³-hybridized carbons (Fsp3) is 0.133. The molecule has 1 heterocycles. The fourth-order valence-electron chi connectivity index (χ4n) is 4.32. The van der Waals surface area contributed by atoms with Crippen molar-refractivity contribution in [1.82, 2.24) is 0 Å². The van der Waals surface area contributed by atoms with Gasteiger partial charge in [0.25, 0.3) is 0 Å². The Hall–Kier alpha value is -4.58. The zero-order valence-corrected chi connectivity index (χ0v) is 19.9. The molecule has 0 fully saturated rings. The molecule has 0 aromatic heterocycles. The zero-order chi connectivity index (χ0) is 25.1. The Labute approximate surface area is 208 Å². The minimum absolute atomic E-state index is 0.102. The Bertz CT molecular complexity index is 1480. The highest BCUT2D eigenvalue weighted by atomic mass is 16.7. The fourth-order valence-corrected chi connectivity index (χ4v) is 4.32. The normalized spacial score (nSPS) is 12.7. The maximum Gasteiger partial charge on any atom is 0.338 e. The van der Waals surface area contributed by atoms with Gasteiger partial charge in [0.1, 0.15) is 5.75 Å². The Morgan fingerprint density at radius 3 is 2.25 bits per heavy atom. The van der Waals surface area contributed by atoms with Crippen molar-refractivity contribution in [3.05, 3.63) is 107 Å². The number of esters is 1. The van der Waals surface area contributed by atoms with Gasteiger partial charge in [-0.1, -0.05) is 48.5 Å². The van der Waals surface area contributed by atoms with Gasteiger partial charge in [-0.05, 0) is 58.3 Å². The summed E-state index contributed by atoms with van der Waals surface area (Å²) in [5.74, 6) is 0.849. The van der Waals surface area contributed by atoms with Crippen LogP contribution in [-0.2, 0) is 16.0 Å². The number of carbonyl (C=O) groups excluding carboxylic acids is 2. The number of ketones is 1. The maximum atomic E-state index is 13.9. The summed E-state index contributed by atoms with van der Waals surface area (Å²) >= 11 is 0. The van der Waals surface area contributed by atoms with E-state index in [4.69, 9.17) is 18.9 Å². The number of benzene rings is 4. The second-order valence-corrected chi connectivity index (χ2v) is 8.33. The molecule has 0 unspecified atom stereocenters. The first-order chi connectivity index (χ1) is 17.6. The number of hydrogen-bond donors (Lipinski definition) is 0. The van der Waals surface area contributed by atoms with Crippen LogP contribution < -0.4 is 14.2 Å². The van der Waals surface area contributed by atoms with Crippen LogP contribution in [-0.4, -0.2) is 32.8 Å². The first kappa shape index (κ1) is 23.2. The molecule has 0 saturated carbocycles. The van der Waals surface area contributed by atoms with Gasteiger partial charge in [0.05, 0.1) is 19.8 Å². The third-order valence-electron chi connectivity index (χ3n) is 6.17. The van der Waals surface area contributed by atoms with E-state index < -0.39 is 5.97 Å². The molecule has 0 saturated heterocycles. The quantitative estimate of drug-likeness (QED) is 0.194. The summed E-state index contributed by atoms with van der Waals surface area (Å²) in [5.41, 5.74) is 2.36. The third-order valence-corrected chi connectivity index (χ3v) is 6.17. The molecular formula is C30H24O6. The van der Waals surface area contributed by atoms with Crippen molar-refractivity contribution >= 4 is 28.1 Å². The lowest BCUT2D eigenvalue weighted by atomic mass is 9.89. The topological polar surface area (TPSA) is 71.1 Å². The van der Waals surface area contributed by atoms with Crippen LogP contribution in [0.1, 0.15) is 21.5 Å². The van der Waals surface area contributed by atoms with Crippen molar-refractivity contribution in [1.29, 1.82) is 0 Å². The number of fused-ring (bicyclic) bond motifs is 2. The number of ether oxygens (including phenoxy) is 4. The molecule has 6 nitrogen and oxygen atoms in total. The highest BCUT2D eigenvalue weighted by Crippen LogP contribution is 2.36. The van der Waals surface area contributed by atoms with Crippen molar-refractivity contribution in [2.45, 2.75) is 6.42 Å². The van der Waals surface area contributed by atoms with Gasteiger partial charge in [-0.15, -0.1) is 0 Å². The van der Waals surface area contributed by atoms with E-state index in [-0.39, 0.29) is 24.6 Å². The molecule has 0 amide bonds. The van der Waals surface area contributed by atoms with Gasteiger partial charge in [-0.3, -0.25) is 4.79 Å². The van der Waals surface area contributed by atoms with Crippen molar-refractivity contribution < 1.29 is 28.5 Å². The van der Waals surface area contributed by atoms with Crippen LogP contribution in [0.4, 0.5) is 0 Å². The molecule has 0 atom stereocenters. The van der Waals surface area contributed by atoms with Gasteiger partial charge in [0.15, 0.2) is 17.3 Å². The SMILES string of the molecule is COC(=O)/C(=C(/Cc1ccc2ccccc2c1)C(=O)c1ccc(OC)cc1)c1ccc2c(c1)OCO2. The van der Waals surface area contributed by atoms with Gasteiger partial charge >= 0.3 is 5.97 Å². The lowest BCUT2D eigenvalue weighted by Gasteiger charge is -2.15. The van der Waals surface area contributed by atoms with Gasteiger partial charge in [0, 0.05) is 17.6 Å². The first-order valence-corrected chi connectivity index (χ1v) is 11.5. The summed E-state index contributed by atoms with van der Waals surface area (Å²) in [6, 6.07) is 26.0. The average Bonchev–Trinajstić information content (AvgIpc) is 3.40. The van der Waals surface area contributed by atoms with Crippen LogP contribution in [0.3, 0.4) is 0 Å². The van der Waals surface area contributed by atoms with Crippen molar-refractivity contribution in [2.24, 2.45) is 0 Å². The summed E-state index contributed by atoms with van der Waals surface area (Å²) in [5, 5.41) is 2.14. The monoisotopic (exact) mass is 480 g/mol. The Morgan fingerprint density at radius 2 is 1.50 bits per heavy atom. The maximum absolute atomic E-state index is 13.9. The van der Waals surface area contributed by atoms with Crippen LogP contribution in [0.25, 0.3) is 16.3 Å². The largest absolute Gasteiger partial charge is 0.497 e. The molecule has 1 aliphatic rings. The summed E-state index contributed by atoms with van der Waals surface area (Å²) in [6.45, 7) is 0.102. The van der Waals surface area contributed by atoms with E-state index in [1.165, 1.54) is 7.11 Å². The van der Waals surface area contributed by atoms with E-state index >= 15 is 0 Å². The van der Waals surface area contributed by atoms with E-state index in [9.17, 15) is 9.59 Å². The second kappa shape index (κ2) is 9.96. The zero-order valence-electron chi connectivity index (χ0n) is 19.9. The Balaban J connectivity index is 1.68. The number of hydrogen-bond acceptors (Lipinski definition) is 6. The molecule has 4 aromatic rings. The molecule has 180 valence electrons. The average molecular weight is 481 g/mol. The van der Waals surface area contributed by atoms with Gasteiger partial charge in [-0.2, -0.15) is 0 Å². The van der Waals surface area contributed by atoms with Crippen LogP contribution in [0.15, 0.2) is 90.5 Å². The first-order valence-electron chi connectivity index (χ1n) is 11.5. The van der Waals surface area contributed by atoms with Gasteiger partial charge in [0.2, 0.25) is 6.79 Å². The van der Waals surface area contributed by atoms with Crippen LogP contribution >= 0.6 is 0 Å². The van der Waals surface area contributed by atoms with Crippen LogP contribution in [0.5, 0.6) is 17.2 Å². The number of allylic oxidation sites excluding steroid dienone is 1. The predicted octanol–water partition coefficient (Wildman–Crippen LogP) is 5.63. The molecule has 0 spiro atoms. The molecule has 0 radical (unpaired) electrons. The molecular weight excluding hydrogens is 456 g/mol. The van der Waals surface area contributed by atoms with E-state index in [0.717, 1.165) is 16.3 Å². The van der Waals surface area contributed by atoms with E-state index in [2.05, 4.69) is 0 Å². The van der Waals surface area contributed by atoms with Crippen LogP contribution in [0, 0.1) is 0 Å². The van der Waals surface area contributed by atoms with Crippen molar-refractivity contribution in [3.8, 4) is 17.2 Å². The molecule has 5 rings (SSSR count). The number of methoxy groups -OCH3 is 2. The summed E-state index contributed by atoms with van der Waals surface area (Å²) < 4.78 is 21.3. The molecule has 0 bridgehead atoms. The van der Waals surface area contributed by atoms with E-state index in [1.54, 1.807) is 49.6 Å². The molecule has 36 heavy (non-hydrogen) atoms. The van der Waals surface area contributed by atoms with Crippen molar-refractivity contribution in [3.63, 3.8) is 0 Å². The standard InChI is InChI=1S/C30H24O6/c1-33-24-12-9-21(10-13-24)29(31)25(16-19-7-8-20-5-3-4-6-22(20)15-19)28(30(32)34-2)23-11-14-26-27(17-23)36-18-35-26/h3-15,17H,16,18H2,1-2H3/b28-25-. The van der Waals surface area contributed by atoms with Crippen LogP contribution in [0.2, 0.25) is 0 Å². The van der Waals surface area contributed by atoms with E-state index in [1.807, 2.05) is 42.5 Å². The summed E-state index contributed by atoms with van der Waals surface area (Å²) in [6.07, 6.45) is 0.231. The smallest absolute Gasteiger partial charge is 0.338 e. The predicted molar refractivity (Wildman–Crippen MR) is 136 cm³/mol. The molecule has 0 N–H and O–H groups in total. The molecule has 4 aromatic carbocycles.